The molecule has 9 N–H and O–H groups in total. The molecule has 0 saturated carbocycles. The summed E-state index contributed by atoms with van der Waals surface area (Å²) >= 11 is 0. The summed E-state index contributed by atoms with van der Waals surface area (Å²) in [5.74, 6) is -10.3. The average molecular weight is 1030 g/mol. The van der Waals surface area contributed by atoms with Gasteiger partial charge in [0.1, 0.15) is 48.3 Å². The Labute approximate surface area is 430 Å². The maximum atomic E-state index is 14.6. The minimum Gasteiger partial charge on any atom is -0.394 e. The Hall–Kier alpha value is -6.16. The van der Waals surface area contributed by atoms with E-state index in [1.807, 2.05) is 0 Å². The van der Waals surface area contributed by atoms with Gasteiger partial charge in [-0.25, -0.2) is 0 Å². The average Bonchev–Trinajstić information content (AvgIpc) is 3.33. The number of aliphatic hydroxyl groups excluding tert-OH is 2. The fourth-order valence-corrected chi connectivity index (χ4v) is 8.57. The van der Waals surface area contributed by atoms with E-state index in [4.69, 9.17) is 0 Å². The predicted molar refractivity (Wildman–Crippen MR) is 272 cm³/mol. The predicted octanol–water partition coefficient (Wildman–Crippen LogP) is -0.797. The first-order chi connectivity index (χ1) is 34.1. The highest BCUT2D eigenvalue weighted by molar-refractivity contribution is 5.99. The van der Waals surface area contributed by atoms with Crippen LogP contribution >= 0.6 is 0 Å². The smallest absolute Gasteiger partial charge is 0.246 e. The van der Waals surface area contributed by atoms with Crippen LogP contribution in [0.25, 0.3) is 0 Å². The van der Waals surface area contributed by atoms with Crippen molar-refractivity contribution in [3.8, 4) is 0 Å². The Morgan fingerprint density at radius 3 is 1.55 bits per heavy atom. The van der Waals surface area contributed by atoms with Crippen LogP contribution in [0.5, 0.6) is 0 Å². The zero-order valence-corrected chi connectivity index (χ0v) is 45.2. The van der Waals surface area contributed by atoms with E-state index in [1.54, 1.807) is 99.6 Å². The summed E-state index contributed by atoms with van der Waals surface area (Å²) in [4.78, 5) is 143. The number of benzene rings is 1. The van der Waals surface area contributed by atoms with Crippen molar-refractivity contribution in [3.63, 3.8) is 0 Å². The van der Waals surface area contributed by atoms with E-state index in [0.717, 1.165) is 14.7 Å². The molecule has 1 fully saturated rings. The molecule has 22 nitrogen and oxygen atoms in total. The summed E-state index contributed by atoms with van der Waals surface area (Å²) < 4.78 is 0. The molecule has 1 aromatic carbocycles. The van der Waals surface area contributed by atoms with Gasteiger partial charge in [-0.1, -0.05) is 112 Å². The number of aliphatic hydroxyl groups is 2. The Morgan fingerprint density at radius 2 is 1.04 bits per heavy atom. The Balaban J connectivity index is 2.78. The highest BCUT2D eigenvalue weighted by Crippen LogP contribution is 2.19. The van der Waals surface area contributed by atoms with Crippen LogP contribution in [0.3, 0.4) is 0 Å². The third kappa shape index (κ3) is 18.1. The van der Waals surface area contributed by atoms with E-state index in [-0.39, 0.29) is 18.8 Å². The van der Waals surface area contributed by atoms with Crippen LogP contribution < -0.4 is 37.2 Å². The first-order valence-electron chi connectivity index (χ1n) is 25.3. The van der Waals surface area contributed by atoms with Gasteiger partial charge in [-0.2, -0.15) is 0 Å². The second kappa shape index (κ2) is 29.5. The van der Waals surface area contributed by atoms with Crippen molar-refractivity contribution in [1.29, 1.82) is 0 Å². The van der Waals surface area contributed by atoms with Crippen molar-refractivity contribution in [2.75, 3.05) is 40.8 Å². The number of nitrogens with one attached hydrogen (secondary N) is 7. The third-order valence-electron chi connectivity index (χ3n) is 13.4. The molecule has 1 aromatic rings. The standard InChI is InChI=1S/C51H84N10O12/c1-15-30(9)40-46(68)55-35(26-62)44(66)57-39(28(5)6)50(72)60(13)42(29(7)8)47(69)53-24-37(64)54-34(22-27(3)4)49(71)61(14)43(32(11)63)48(70)58-41(31(10)16-2)51(73)59(12)36(23-33-20-18-17-19-21-33)45(67)52-25-38(65)56-40/h17-21,27-32,34-36,39-43,62-63H,15-16,22-26H2,1-14H3,(H,52,67)(H,53,69)(H,54,64)(H,55,68)(H,56,65)(H,57,66)(H,58,70)/t30-,31-,32+,34-,35-,36-,39-,40-,41-,42-,43-/m0/s1. The number of hydrogen-bond acceptors (Lipinski definition) is 12. The molecule has 1 heterocycles. The molecule has 0 unspecified atom stereocenters. The minimum atomic E-state index is -1.60. The minimum absolute atomic E-state index is 0.0295. The summed E-state index contributed by atoms with van der Waals surface area (Å²) in [6, 6.07) is -1.96. The fraction of sp³-hybridized carbons (Fsp3) is 0.686. The number of carbonyl (C=O) groups is 10. The number of likely N-dealkylation sites (N-methyl/N-ethyl adjacent to an activating group) is 3. The summed E-state index contributed by atoms with van der Waals surface area (Å²) in [5.41, 5.74) is 0.652. The molecule has 0 aliphatic carbocycles. The third-order valence-corrected chi connectivity index (χ3v) is 13.4. The van der Waals surface area contributed by atoms with Gasteiger partial charge in [-0.3, -0.25) is 47.9 Å². The van der Waals surface area contributed by atoms with E-state index in [1.165, 1.54) is 28.1 Å². The highest BCUT2D eigenvalue weighted by Gasteiger charge is 2.41. The number of rotatable bonds is 12. The molecule has 0 radical (unpaired) electrons. The summed E-state index contributed by atoms with van der Waals surface area (Å²) in [5, 5.41) is 39.6. The summed E-state index contributed by atoms with van der Waals surface area (Å²) in [7, 11) is 4.01. The summed E-state index contributed by atoms with van der Waals surface area (Å²) in [6.07, 6.45) is -0.710. The van der Waals surface area contributed by atoms with Gasteiger partial charge in [0.05, 0.1) is 25.8 Å². The summed E-state index contributed by atoms with van der Waals surface area (Å²) in [6.45, 7) is 16.3. The van der Waals surface area contributed by atoms with Crippen molar-refractivity contribution in [1.82, 2.24) is 51.9 Å². The molecular formula is C51H84N10O12. The molecule has 2 rings (SSSR count). The van der Waals surface area contributed by atoms with Gasteiger partial charge in [0.15, 0.2) is 0 Å². The quantitative estimate of drug-likeness (QED) is 0.124. The lowest BCUT2D eigenvalue weighted by Crippen LogP contribution is -2.63. The molecule has 1 saturated heterocycles. The van der Waals surface area contributed by atoms with Gasteiger partial charge in [0.25, 0.3) is 0 Å². The molecule has 410 valence electrons. The topological polar surface area (TPSA) is 305 Å². The van der Waals surface area contributed by atoms with Crippen LogP contribution in [0.1, 0.15) is 101 Å². The number of carbonyl (C=O) groups excluding carboxylic acids is 10. The van der Waals surface area contributed by atoms with E-state index in [2.05, 4.69) is 37.2 Å². The van der Waals surface area contributed by atoms with Gasteiger partial charge in [-0.15, -0.1) is 0 Å². The SMILES string of the molecule is CC[C@H](C)[C@@H]1NC(=O)CNC(=O)[C@H](Cc2ccccc2)N(C)C(=O)[C@H]([C@@H](C)CC)NC(=O)[C@H]([C@@H](C)O)N(C)C(=O)[C@H](CC(C)C)NC(=O)CNC(=O)[C@H](C(C)C)N(C)C(=O)[C@H](C(C)C)NC(=O)[C@H](CO)NC1=O. The highest BCUT2D eigenvalue weighted by atomic mass is 16.3. The maximum absolute atomic E-state index is 14.6. The Bertz CT molecular complexity index is 2070. The van der Waals surface area contributed by atoms with Crippen LogP contribution in [-0.2, 0) is 54.4 Å². The maximum Gasteiger partial charge on any atom is 0.246 e. The van der Waals surface area contributed by atoms with Crippen molar-refractivity contribution < 1.29 is 58.2 Å². The lowest BCUT2D eigenvalue weighted by Gasteiger charge is -2.36. The lowest BCUT2D eigenvalue weighted by atomic mass is 9.95. The number of hydrogen-bond donors (Lipinski definition) is 9. The van der Waals surface area contributed by atoms with Crippen LogP contribution in [0, 0.1) is 29.6 Å². The van der Waals surface area contributed by atoms with Crippen LogP contribution in [0.2, 0.25) is 0 Å². The van der Waals surface area contributed by atoms with E-state index < -0.39 is 157 Å². The van der Waals surface area contributed by atoms with Gasteiger partial charge >= 0.3 is 0 Å². The van der Waals surface area contributed by atoms with Crippen molar-refractivity contribution >= 4 is 59.1 Å². The van der Waals surface area contributed by atoms with Crippen LogP contribution in [-0.4, -0.2) is 179 Å². The largest absolute Gasteiger partial charge is 0.394 e. The molecule has 11 atom stereocenters. The molecular weight excluding hydrogens is 945 g/mol. The molecule has 73 heavy (non-hydrogen) atoms. The molecule has 22 heteroatoms. The van der Waals surface area contributed by atoms with Gasteiger partial charge in [-0.05, 0) is 48.5 Å². The monoisotopic (exact) mass is 1030 g/mol. The zero-order valence-electron chi connectivity index (χ0n) is 45.2. The van der Waals surface area contributed by atoms with Gasteiger partial charge in [0.2, 0.25) is 59.1 Å². The van der Waals surface area contributed by atoms with Crippen molar-refractivity contribution in [3.05, 3.63) is 35.9 Å². The molecule has 0 aromatic heterocycles. The Kier molecular flexibility index (Phi) is 25.5. The van der Waals surface area contributed by atoms with E-state index in [0.29, 0.717) is 18.4 Å². The first-order valence-corrected chi connectivity index (χ1v) is 25.3. The molecule has 0 bridgehead atoms. The normalized spacial score (nSPS) is 26.3. The second-order valence-electron chi connectivity index (χ2n) is 20.4. The van der Waals surface area contributed by atoms with Gasteiger partial charge in [0, 0.05) is 27.6 Å². The Morgan fingerprint density at radius 1 is 0.534 bits per heavy atom. The molecule has 1 aliphatic rings. The van der Waals surface area contributed by atoms with Crippen molar-refractivity contribution in [2.24, 2.45) is 29.6 Å². The fourth-order valence-electron chi connectivity index (χ4n) is 8.57. The molecule has 1 aliphatic heterocycles. The van der Waals surface area contributed by atoms with Crippen LogP contribution in [0.15, 0.2) is 30.3 Å². The van der Waals surface area contributed by atoms with E-state index in [9.17, 15) is 58.2 Å². The zero-order chi connectivity index (χ0) is 55.6. The van der Waals surface area contributed by atoms with E-state index >= 15 is 0 Å². The molecule has 0 spiro atoms. The van der Waals surface area contributed by atoms with Crippen molar-refractivity contribution in [2.45, 2.75) is 156 Å². The van der Waals surface area contributed by atoms with Gasteiger partial charge < -0.3 is 62.1 Å². The number of amides is 10. The second-order valence-corrected chi connectivity index (χ2v) is 20.4. The molecule has 10 amide bonds. The number of nitrogens with zero attached hydrogens (tertiary/aromatic N) is 3. The lowest BCUT2D eigenvalue weighted by molar-refractivity contribution is -0.148. The van der Waals surface area contributed by atoms with Crippen LogP contribution in [0.4, 0.5) is 0 Å². The first kappa shape index (κ1) is 63.0.